The number of aryl methyl sites for hydroxylation is 1. The monoisotopic (exact) mass is 338 g/mol. The molecule has 0 unspecified atom stereocenters. The molecule has 1 amide bonds. The minimum atomic E-state index is -3.39. The Balaban J connectivity index is 2.01. The molecule has 0 spiro atoms. The van der Waals surface area contributed by atoms with Crippen molar-refractivity contribution in [3.8, 4) is 0 Å². The van der Waals surface area contributed by atoms with Crippen LogP contribution >= 0.6 is 0 Å². The summed E-state index contributed by atoms with van der Waals surface area (Å²) in [6, 6.07) is 6.94. The van der Waals surface area contributed by atoms with E-state index in [0.717, 1.165) is 31.2 Å². The van der Waals surface area contributed by atoms with Gasteiger partial charge >= 0.3 is 0 Å². The van der Waals surface area contributed by atoms with Crippen LogP contribution in [0.15, 0.2) is 29.2 Å². The summed E-state index contributed by atoms with van der Waals surface area (Å²) < 4.78 is 26.9. The first kappa shape index (κ1) is 17.9. The average molecular weight is 338 g/mol. The lowest BCUT2D eigenvalue weighted by Crippen LogP contribution is -2.31. The Labute approximate surface area is 139 Å². The van der Waals surface area contributed by atoms with Gasteiger partial charge in [0, 0.05) is 26.1 Å². The first-order valence-electron chi connectivity index (χ1n) is 8.40. The Hall–Kier alpha value is -1.40. The van der Waals surface area contributed by atoms with Gasteiger partial charge in [0.25, 0.3) is 0 Å². The zero-order valence-corrected chi connectivity index (χ0v) is 14.6. The largest absolute Gasteiger partial charge is 0.356 e. The van der Waals surface area contributed by atoms with Crippen LogP contribution in [-0.2, 0) is 21.2 Å². The first-order chi connectivity index (χ1) is 11.0. The van der Waals surface area contributed by atoms with Crippen LogP contribution in [-0.4, -0.2) is 38.3 Å². The molecule has 0 aromatic heterocycles. The number of hydrogen-bond acceptors (Lipinski definition) is 3. The van der Waals surface area contributed by atoms with Crippen molar-refractivity contribution < 1.29 is 13.2 Å². The third-order valence-corrected chi connectivity index (χ3v) is 6.05. The lowest BCUT2D eigenvalue weighted by Gasteiger charge is -2.20. The molecule has 1 saturated heterocycles. The van der Waals surface area contributed by atoms with Crippen molar-refractivity contribution in [3.05, 3.63) is 29.8 Å². The van der Waals surface area contributed by atoms with Crippen LogP contribution in [0.2, 0.25) is 0 Å². The van der Waals surface area contributed by atoms with Gasteiger partial charge in [-0.3, -0.25) is 4.79 Å². The van der Waals surface area contributed by atoms with Crippen LogP contribution < -0.4 is 5.32 Å². The van der Waals surface area contributed by atoms with E-state index in [1.807, 2.05) is 19.1 Å². The van der Waals surface area contributed by atoms with Gasteiger partial charge < -0.3 is 5.32 Å². The molecule has 1 aromatic rings. The third-order valence-electron chi connectivity index (χ3n) is 4.14. The number of amides is 1. The van der Waals surface area contributed by atoms with Crippen molar-refractivity contribution in [2.45, 2.75) is 50.3 Å². The molecular weight excluding hydrogens is 312 g/mol. The van der Waals surface area contributed by atoms with Crippen molar-refractivity contribution in [3.63, 3.8) is 0 Å². The van der Waals surface area contributed by atoms with E-state index < -0.39 is 10.0 Å². The summed E-state index contributed by atoms with van der Waals surface area (Å²) in [6.07, 6.45) is 5.12. The maximum atomic E-state index is 12.7. The molecule has 1 aliphatic heterocycles. The Morgan fingerprint density at radius 1 is 1.09 bits per heavy atom. The molecule has 0 bridgehead atoms. The summed E-state index contributed by atoms with van der Waals surface area (Å²) in [5.41, 5.74) is 0.978. The van der Waals surface area contributed by atoms with Crippen LogP contribution in [0.5, 0.6) is 0 Å². The molecule has 1 aliphatic rings. The molecular formula is C17H26N2O3S. The molecule has 23 heavy (non-hydrogen) atoms. The lowest BCUT2D eigenvalue weighted by atomic mass is 10.1. The van der Waals surface area contributed by atoms with Gasteiger partial charge in [-0.1, -0.05) is 25.0 Å². The molecule has 5 nitrogen and oxygen atoms in total. The molecule has 1 aromatic carbocycles. The van der Waals surface area contributed by atoms with E-state index in [4.69, 9.17) is 0 Å². The Morgan fingerprint density at radius 2 is 1.70 bits per heavy atom. The topological polar surface area (TPSA) is 66.5 Å². The summed E-state index contributed by atoms with van der Waals surface area (Å²) in [7, 11) is -3.39. The van der Waals surface area contributed by atoms with Gasteiger partial charge in [-0.05, 0) is 43.9 Å². The fourth-order valence-electron chi connectivity index (χ4n) is 2.80. The van der Waals surface area contributed by atoms with Gasteiger partial charge in [-0.25, -0.2) is 8.42 Å². The highest BCUT2D eigenvalue weighted by Gasteiger charge is 2.24. The highest BCUT2D eigenvalue weighted by Crippen LogP contribution is 2.20. The predicted molar refractivity (Wildman–Crippen MR) is 90.7 cm³/mol. The number of rotatable bonds is 6. The van der Waals surface area contributed by atoms with Crippen molar-refractivity contribution >= 4 is 15.9 Å². The number of carbonyl (C=O) groups is 1. The summed E-state index contributed by atoms with van der Waals surface area (Å²) in [6.45, 7) is 3.74. The van der Waals surface area contributed by atoms with Crippen molar-refractivity contribution in [2.24, 2.45) is 0 Å². The second kappa shape index (κ2) is 8.45. The van der Waals surface area contributed by atoms with Gasteiger partial charge in [0.1, 0.15) is 0 Å². The van der Waals surface area contributed by atoms with Gasteiger partial charge in [0.05, 0.1) is 4.90 Å². The van der Waals surface area contributed by atoms with Gasteiger partial charge in [0.2, 0.25) is 15.9 Å². The summed E-state index contributed by atoms with van der Waals surface area (Å²) in [5.74, 6) is 0.0220. The molecule has 0 aliphatic carbocycles. The summed E-state index contributed by atoms with van der Waals surface area (Å²) >= 11 is 0. The number of benzene rings is 1. The van der Waals surface area contributed by atoms with E-state index in [2.05, 4.69) is 5.32 Å². The zero-order valence-electron chi connectivity index (χ0n) is 13.8. The average Bonchev–Trinajstić information content (AvgIpc) is 2.83. The molecule has 0 radical (unpaired) electrons. The van der Waals surface area contributed by atoms with E-state index >= 15 is 0 Å². The Kier molecular flexibility index (Phi) is 6.59. The molecule has 2 rings (SSSR count). The number of nitrogens with one attached hydrogen (secondary N) is 1. The molecule has 1 fully saturated rings. The van der Waals surface area contributed by atoms with E-state index in [-0.39, 0.29) is 5.91 Å². The van der Waals surface area contributed by atoms with Gasteiger partial charge in [-0.15, -0.1) is 0 Å². The summed E-state index contributed by atoms with van der Waals surface area (Å²) in [4.78, 5) is 11.8. The highest BCUT2D eigenvalue weighted by atomic mass is 32.2. The number of nitrogens with zero attached hydrogens (tertiary/aromatic N) is 1. The Bertz CT molecular complexity index is 603. The van der Waals surface area contributed by atoms with Gasteiger partial charge in [0.15, 0.2) is 0 Å². The second-order valence-electron chi connectivity index (χ2n) is 5.92. The molecule has 0 saturated carbocycles. The van der Waals surface area contributed by atoms with Crippen molar-refractivity contribution in [1.82, 2.24) is 9.62 Å². The smallest absolute Gasteiger partial charge is 0.243 e. The Morgan fingerprint density at radius 3 is 2.26 bits per heavy atom. The summed E-state index contributed by atoms with van der Waals surface area (Å²) in [5, 5.41) is 2.76. The lowest BCUT2D eigenvalue weighted by molar-refractivity contribution is -0.120. The van der Waals surface area contributed by atoms with E-state index in [1.165, 1.54) is 0 Å². The van der Waals surface area contributed by atoms with Crippen LogP contribution in [0.25, 0.3) is 0 Å². The van der Waals surface area contributed by atoms with Crippen LogP contribution in [0.3, 0.4) is 0 Å². The SMILES string of the molecule is CCNC(=O)CCc1ccc(S(=O)(=O)N2CCCCCC2)cc1. The van der Waals surface area contributed by atoms with Gasteiger partial charge in [-0.2, -0.15) is 4.31 Å². The first-order valence-corrected chi connectivity index (χ1v) is 9.84. The van der Waals surface area contributed by atoms with E-state index in [0.29, 0.717) is 37.4 Å². The number of carbonyl (C=O) groups excluding carboxylic acids is 1. The normalized spacial score (nSPS) is 16.7. The number of hydrogen-bond donors (Lipinski definition) is 1. The molecule has 128 valence electrons. The van der Waals surface area contributed by atoms with Crippen molar-refractivity contribution in [2.75, 3.05) is 19.6 Å². The predicted octanol–water partition coefficient (Wildman–Crippen LogP) is 2.32. The maximum absolute atomic E-state index is 12.7. The van der Waals surface area contributed by atoms with Crippen LogP contribution in [0.4, 0.5) is 0 Å². The minimum Gasteiger partial charge on any atom is -0.356 e. The standard InChI is InChI=1S/C17H26N2O3S/c1-2-18-17(20)12-9-15-7-10-16(11-8-15)23(21,22)19-13-5-3-4-6-14-19/h7-8,10-11H,2-6,9,12-14H2,1H3,(H,18,20). The van der Waals surface area contributed by atoms with E-state index in [9.17, 15) is 13.2 Å². The molecule has 1 N–H and O–H groups in total. The molecule has 0 atom stereocenters. The number of sulfonamides is 1. The molecule has 1 heterocycles. The van der Waals surface area contributed by atoms with Crippen molar-refractivity contribution in [1.29, 1.82) is 0 Å². The highest BCUT2D eigenvalue weighted by molar-refractivity contribution is 7.89. The maximum Gasteiger partial charge on any atom is 0.243 e. The minimum absolute atomic E-state index is 0.0220. The van der Waals surface area contributed by atoms with Crippen LogP contribution in [0, 0.1) is 0 Å². The zero-order chi connectivity index (χ0) is 16.7. The fourth-order valence-corrected chi connectivity index (χ4v) is 4.32. The fraction of sp³-hybridized carbons (Fsp3) is 0.588. The quantitative estimate of drug-likeness (QED) is 0.865. The third kappa shape index (κ3) is 5.04. The van der Waals surface area contributed by atoms with Crippen LogP contribution in [0.1, 0.15) is 44.6 Å². The molecule has 6 heteroatoms. The second-order valence-corrected chi connectivity index (χ2v) is 7.85. The van der Waals surface area contributed by atoms with E-state index in [1.54, 1.807) is 16.4 Å².